The van der Waals surface area contributed by atoms with E-state index in [4.69, 9.17) is 10.8 Å². The first kappa shape index (κ1) is 37.2. The summed E-state index contributed by atoms with van der Waals surface area (Å²) in [7, 11) is 0. The van der Waals surface area contributed by atoms with E-state index in [-0.39, 0.29) is 37.4 Å². The van der Waals surface area contributed by atoms with Crippen LogP contribution in [0.5, 0.6) is 5.75 Å². The van der Waals surface area contributed by atoms with Gasteiger partial charge in [0.25, 0.3) is 0 Å². The van der Waals surface area contributed by atoms with Crippen LogP contribution in [0.15, 0.2) is 54.6 Å². The number of nitrogens with two attached hydrogens (primary N) is 1. The number of rotatable bonds is 18. The normalized spacial score (nSPS) is 14.2. The molecule has 0 heterocycles. The Morgan fingerprint density at radius 1 is 0.674 bits per heavy atom. The molecule has 14 heteroatoms. The molecule has 46 heavy (non-hydrogen) atoms. The predicted octanol–water partition coefficient (Wildman–Crippen LogP) is 0.459. The van der Waals surface area contributed by atoms with Gasteiger partial charge in [0.05, 0.1) is 6.04 Å². The fourth-order valence-corrected chi connectivity index (χ4v) is 4.49. The summed E-state index contributed by atoms with van der Waals surface area (Å²) in [5, 5.41) is 37.9. The molecule has 2 aromatic rings. The minimum Gasteiger partial charge on any atom is -0.508 e. The van der Waals surface area contributed by atoms with Gasteiger partial charge in [-0.25, -0.2) is 4.79 Å². The molecule has 9 N–H and O–H groups in total. The van der Waals surface area contributed by atoms with Crippen LogP contribution in [0.4, 0.5) is 0 Å². The summed E-state index contributed by atoms with van der Waals surface area (Å²) in [6.07, 6.45) is -0.530. The summed E-state index contributed by atoms with van der Waals surface area (Å²) in [6, 6.07) is 9.00. The van der Waals surface area contributed by atoms with E-state index in [1.165, 1.54) is 19.1 Å². The Bertz CT molecular complexity index is 1350. The van der Waals surface area contributed by atoms with Gasteiger partial charge in [-0.2, -0.15) is 0 Å². The summed E-state index contributed by atoms with van der Waals surface area (Å²) in [6.45, 7) is 5.02. The topological polar surface area (TPSA) is 237 Å². The van der Waals surface area contributed by atoms with Crippen LogP contribution in [0.3, 0.4) is 0 Å². The van der Waals surface area contributed by atoms with Gasteiger partial charge in [-0.05, 0) is 55.4 Å². The number of carbonyl (C=O) groups excluding carboxylic acids is 4. The average molecular weight is 642 g/mol. The lowest BCUT2D eigenvalue weighted by molar-refractivity contribution is -0.143. The molecule has 0 fully saturated rings. The van der Waals surface area contributed by atoms with Crippen molar-refractivity contribution in [2.75, 3.05) is 0 Å². The van der Waals surface area contributed by atoms with E-state index < -0.39 is 72.2 Å². The SMILES string of the molecule is CC(C)CC(NC(=O)C(Cc1ccccc1)NC(=O)C(C)NC(=O)C(N)Cc1ccc(O)cc1)C(=O)NC(CCC(=O)O)C(=O)O. The minimum atomic E-state index is -1.49. The van der Waals surface area contributed by atoms with Gasteiger partial charge in [0, 0.05) is 12.8 Å². The van der Waals surface area contributed by atoms with Gasteiger partial charge in [0.2, 0.25) is 23.6 Å². The Balaban J connectivity index is 2.17. The van der Waals surface area contributed by atoms with Crippen molar-refractivity contribution < 1.29 is 44.1 Å². The predicted molar refractivity (Wildman–Crippen MR) is 167 cm³/mol. The Morgan fingerprint density at radius 3 is 1.78 bits per heavy atom. The number of benzene rings is 2. The zero-order valence-corrected chi connectivity index (χ0v) is 26.1. The molecule has 0 radical (unpaired) electrons. The molecular weight excluding hydrogens is 598 g/mol. The van der Waals surface area contributed by atoms with Crippen molar-refractivity contribution in [3.8, 4) is 5.75 Å². The van der Waals surface area contributed by atoms with E-state index in [9.17, 15) is 39.0 Å². The number of aromatic hydroxyl groups is 1. The summed E-state index contributed by atoms with van der Waals surface area (Å²) < 4.78 is 0. The van der Waals surface area contributed by atoms with Crippen molar-refractivity contribution in [1.82, 2.24) is 21.3 Å². The van der Waals surface area contributed by atoms with Crippen LogP contribution < -0.4 is 27.0 Å². The van der Waals surface area contributed by atoms with Crippen molar-refractivity contribution >= 4 is 35.6 Å². The highest BCUT2D eigenvalue weighted by Gasteiger charge is 2.31. The lowest BCUT2D eigenvalue weighted by atomic mass is 10.00. The molecule has 14 nitrogen and oxygen atoms in total. The highest BCUT2D eigenvalue weighted by Crippen LogP contribution is 2.12. The number of phenolic OH excluding ortho intramolecular Hbond substituents is 1. The quantitative estimate of drug-likeness (QED) is 0.112. The van der Waals surface area contributed by atoms with Crippen LogP contribution >= 0.6 is 0 Å². The van der Waals surface area contributed by atoms with Crippen LogP contribution in [0.1, 0.15) is 51.2 Å². The second kappa shape index (κ2) is 18.1. The number of hydrogen-bond acceptors (Lipinski definition) is 8. The molecule has 0 spiro atoms. The van der Waals surface area contributed by atoms with Crippen molar-refractivity contribution in [3.63, 3.8) is 0 Å². The van der Waals surface area contributed by atoms with Crippen LogP contribution in [0, 0.1) is 5.92 Å². The van der Waals surface area contributed by atoms with Gasteiger partial charge in [0.15, 0.2) is 0 Å². The van der Waals surface area contributed by atoms with E-state index >= 15 is 0 Å². The third-order valence-electron chi connectivity index (χ3n) is 7.00. The average Bonchev–Trinajstić information content (AvgIpc) is 2.99. The first-order valence-corrected chi connectivity index (χ1v) is 14.9. The van der Waals surface area contributed by atoms with E-state index in [1.807, 2.05) is 0 Å². The highest BCUT2D eigenvalue weighted by molar-refractivity contribution is 5.95. The smallest absolute Gasteiger partial charge is 0.326 e. The number of aliphatic carboxylic acids is 2. The number of carbonyl (C=O) groups is 6. The first-order valence-electron chi connectivity index (χ1n) is 14.9. The molecule has 250 valence electrons. The van der Waals surface area contributed by atoms with E-state index in [1.54, 1.807) is 56.3 Å². The largest absolute Gasteiger partial charge is 0.508 e. The Morgan fingerprint density at radius 2 is 1.22 bits per heavy atom. The zero-order chi connectivity index (χ0) is 34.4. The zero-order valence-electron chi connectivity index (χ0n) is 26.1. The monoisotopic (exact) mass is 641 g/mol. The molecule has 4 amide bonds. The number of carboxylic acid groups (broad SMARTS) is 2. The fourth-order valence-electron chi connectivity index (χ4n) is 4.49. The Labute approximate surface area is 267 Å². The molecule has 2 rings (SSSR count). The Kier molecular flexibility index (Phi) is 14.6. The van der Waals surface area contributed by atoms with Crippen LogP contribution in [0.25, 0.3) is 0 Å². The summed E-state index contributed by atoms with van der Waals surface area (Å²) in [5.74, 6) is -5.52. The first-order chi connectivity index (χ1) is 21.7. The molecule has 0 aliphatic heterocycles. The third kappa shape index (κ3) is 12.9. The van der Waals surface area contributed by atoms with Gasteiger partial charge in [-0.15, -0.1) is 0 Å². The molecule has 0 aliphatic carbocycles. The maximum atomic E-state index is 13.6. The van der Waals surface area contributed by atoms with Crippen LogP contribution in [0.2, 0.25) is 0 Å². The second-order valence-corrected chi connectivity index (χ2v) is 11.5. The second-order valence-electron chi connectivity index (χ2n) is 11.5. The summed E-state index contributed by atoms with van der Waals surface area (Å²) in [4.78, 5) is 75.2. The molecule has 0 saturated carbocycles. The molecule has 5 unspecified atom stereocenters. The number of carboxylic acids is 2. The molecular formula is C32H43N5O9. The molecule has 0 bridgehead atoms. The van der Waals surface area contributed by atoms with E-state index in [0.29, 0.717) is 11.1 Å². The van der Waals surface area contributed by atoms with Gasteiger partial charge in [-0.1, -0.05) is 56.3 Å². The van der Waals surface area contributed by atoms with Crippen molar-refractivity contribution in [2.24, 2.45) is 11.7 Å². The molecule has 0 aliphatic rings. The number of nitrogens with one attached hydrogen (secondary N) is 4. The third-order valence-corrected chi connectivity index (χ3v) is 7.00. The van der Waals surface area contributed by atoms with Gasteiger partial charge < -0.3 is 42.3 Å². The van der Waals surface area contributed by atoms with Crippen molar-refractivity contribution in [2.45, 2.75) is 83.1 Å². The number of amides is 4. The van der Waals surface area contributed by atoms with E-state index in [0.717, 1.165) is 0 Å². The standard InChI is InChI=1S/C32H43N5O9/c1-18(2)15-25(30(43)35-24(32(45)46)13-14-27(39)40)37-31(44)26(17-20-7-5-4-6-8-20)36-28(41)19(3)34-29(42)23(33)16-21-9-11-22(38)12-10-21/h4-12,18-19,23-26,38H,13-17,33H2,1-3H3,(H,34,42)(H,35,43)(H,36,41)(H,37,44)(H,39,40)(H,45,46). The molecule has 2 aromatic carbocycles. The highest BCUT2D eigenvalue weighted by atomic mass is 16.4. The number of phenols is 1. The van der Waals surface area contributed by atoms with Gasteiger partial charge in [0.1, 0.15) is 29.9 Å². The molecule has 0 saturated heterocycles. The number of hydrogen-bond donors (Lipinski definition) is 8. The summed E-state index contributed by atoms with van der Waals surface area (Å²) >= 11 is 0. The lowest BCUT2D eigenvalue weighted by Crippen LogP contribution is -2.58. The Hall–Kier alpha value is -4.98. The van der Waals surface area contributed by atoms with Crippen molar-refractivity contribution in [3.05, 3.63) is 65.7 Å². The molecule has 5 atom stereocenters. The lowest BCUT2D eigenvalue weighted by Gasteiger charge is -2.26. The van der Waals surface area contributed by atoms with Crippen LogP contribution in [-0.4, -0.2) is 81.1 Å². The van der Waals surface area contributed by atoms with Gasteiger partial charge >= 0.3 is 11.9 Å². The minimum absolute atomic E-state index is 0.0336. The van der Waals surface area contributed by atoms with E-state index in [2.05, 4.69) is 21.3 Å². The fraction of sp³-hybridized carbons (Fsp3) is 0.438. The maximum absolute atomic E-state index is 13.6. The van der Waals surface area contributed by atoms with Crippen molar-refractivity contribution in [1.29, 1.82) is 0 Å². The van der Waals surface area contributed by atoms with Gasteiger partial charge in [-0.3, -0.25) is 24.0 Å². The summed E-state index contributed by atoms with van der Waals surface area (Å²) in [5.41, 5.74) is 7.42. The molecule has 0 aromatic heterocycles. The van der Waals surface area contributed by atoms with Crippen LogP contribution in [-0.2, 0) is 41.6 Å². The maximum Gasteiger partial charge on any atom is 0.326 e.